The number of hydrogen-bond acceptors (Lipinski definition) is 12. The normalized spacial score (nSPS) is 17.1. The zero-order valence-corrected chi connectivity index (χ0v) is 33.6. The lowest BCUT2D eigenvalue weighted by Crippen LogP contribution is -2.59. The van der Waals surface area contributed by atoms with Crippen molar-refractivity contribution in [1.82, 2.24) is 37.0 Å². The molecule has 1 aromatic rings. The smallest absolute Gasteiger partial charge is 0.246 e. The zero-order valence-electron chi connectivity index (χ0n) is 33.6. The van der Waals surface area contributed by atoms with Crippen LogP contribution in [0.1, 0.15) is 91.0 Å². The van der Waals surface area contributed by atoms with Crippen LogP contribution in [-0.2, 0) is 40.0 Å². The molecule has 0 radical (unpaired) electrons. The van der Waals surface area contributed by atoms with Gasteiger partial charge in [0.05, 0.1) is 0 Å². The lowest BCUT2D eigenvalue weighted by atomic mass is 10.0. The molecule has 1 fully saturated rings. The first kappa shape index (κ1) is 48.3. The summed E-state index contributed by atoms with van der Waals surface area (Å²) in [6.07, 6.45) is 3.63. The van der Waals surface area contributed by atoms with Crippen LogP contribution in [0.15, 0.2) is 24.3 Å². The van der Waals surface area contributed by atoms with Crippen LogP contribution in [0.25, 0.3) is 0 Å². The van der Waals surface area contributed by atoms with Crippen molar-refractivity contribution in [3.63, 3.8) is 0 Å². The molecule has 320 valence electrons. The Balaban J connectivity index is 2.27. The molecule has 57 heavy (non-hydrogen) atoms. The fraction of sp³-hybridized carbons (Fsp3) is 0.658. The summed E-state index contributed by atoms with van der Waals surface area (Å²) >= 11 is 0. The number of nitrogens with zero attached hydrogens (tertiary/aromatic N) is 1. The third-order valence-corrected chi connectivity index (χ3v) is 9.70. The number of phenolic OH excluding ortho intramolecular Hbond substituents is 1. The highest BCUT2D eigenvalue weighted by atomic mass is 16.5. The minimum Gasteiger partial charge on any atom is -0.508 e. The van der Waals surface area contributed by atoms with Crippen LogP contribution in [0.2, 0.25) is 0 Å². The summed E-state index contributed by atoms with van der Waals surface area (Å²) in [4.78, 5) is 94.1. The summed E-state index contributed by atoms with van der Waals surface area (Å²) in [7, 11) is 0. The maximum absolute atomic E-state index is 14.3. The van der Waals surface area contributed by atoms with Gasteiger partial charge in [0, 0.05) is 13.0 Å². The number of carbonyl (C=O) groups excluding carboxylic acids is 7. The number of carbonyl (C=O) groups is 7. The number of phenols is 1. The Kier molecular flexibility index (Phi) is 20.9. The lowest BCUT2D eigenvalue weighted by molar-refractivity contribution is -0.142. The average Bonchev–Trinajstić information content (AvgIpc) is 3.66. The minimum atomic E-state index is -1.22. The molecule has 1 aromatic carbocycles. The standard InChI is InChI=1S/C38H64N10O9/c1-22(2)20-29(32(41)50)45-34(52)24(4)43-37(55)31-12-9-19-48(31)38(56)30(21-25-13-15-26(49)16-14-25)46-35(53)27(10-5-7-17-39)44-33(51)23(3)42-36(54)28(47-57)11-6-8-18-40/h13-16,22-24,27-31,47,49,57H,5-12,17-21,39-40H2,1-4H3,(H2,41,50)(H,42,54)(H,43,55)(H,44,51)(H,45,52)(H,46,53)/t23-,24-,27-,28-,29-,30-,31-/m0/s1. The molecule has 19 nitrogen and oxygen atoms in total. The van der Waals surface area contributed by atoms with Gasteiger partial charge in [0.1, 0.15) is 48.0 Å². The van der Waals surface area contributed by atoms with Crippen molar-refractivity contribution in [3.05, 3.63) is 29.8 Å². The van der Waals surface area contributed by atoms with Gasteiger partial charge in [-0.05, 0) is 102 Å². The first-order valence-electron chi connectivity index (χ1n) is 19.7. The largest absolute Gasteiger partial charge is 0.508 e. The second kappa shape index (κ2) is 24.7. The molecule has 0 aliphatic carbocycles. The molecule has 0 saturated carbocycles. The molecule has 19 heteroatoms. The fourth-order valence-corrected chi connectivity index (χ4v) is 6.42. The lowest BCUT2D eigenvalue weighted by Gasteiger charge is -2.31. The maximum atomic E-state index is 14.3. The summed E-state index contributed by atoms with van der Waals surface area (Å²) in [5.41, 5.74) is 19.2. The molecular formula is C38H64N10O9. The van der Waals surface area contributed by atoms with Crippen molar-refractivity contribution in [2.75, 3.05) is 19.6 Å². The van der Waals surface area contributed by atoms with Crippen LogP contribution < -0.4 is 49.3 Å². The van der Waals surface area contributed by atoms with E-state index in [1.807, 2.05) is 19.3 Å². The van der Waals surface area contributed by atoms with E-state index in [2.05, 4.69) is 26.6 Å². The fourth-order valence-electron chi connectivity index (χ4n) is 6.42. The third-order valence-electron chi connectivity index (χ3n) is 9.70. The second-order valence-corrected chi connectivity index (χ2v) is 15.0. The van der Waals surface area contributed by atoms with E-state index in [1.54, 1.807) is 12.1 Å². The number of nitrogens with two attached hydrogens (primary N) is 3. The van der Waals surface area contributed by atoms with Gasteiger partial charge in [-0.2, -0.15) is 5.48 Å². The Labute approximate surface area is 334 Å². The molecule has 1 heterocycles. The number of rotatable bonds is 25. The van der Waals surface area contributed by atoms with Crippen molar-refractivity contribution >= 4 is 41.4 Å². The SMILES string of the molecule is CC(C)C[C@H](NC(=O)[C@H](C)NC(=O)[C@@H]1CCCN1C(=O)[C@H](Cc1ccc(O)cc1)NC(=O)[C@H](CCCCN)NC(=O)[C@H](C)NC(=O)[C@H](CCCCN)NO)C(N)=O. The summed E-state index contributed by atoms with van der Waals surface area (Å²) in [6.45, 7) is 7.56. The van der Waals surface area contributed by atoms with Gasteiger partial charge in [0.25, 0.3) is 0 Å². The number of likely N-dealkylation sites (tertiary alicyclic amines) is 1. The van der Waals surface area contributed by atoms with Gasteiger partial charge in [0.15, 0.2) is 0 Å². The van der Waals surface area contributed by atoms with Crippen molar-refractivity contribution in [2.45, 2.75) is 134 Å². The van der Waals surface area contributed by atoms with Crippen LogP contribution in [0, 0.1) is 5.92 Å². The summed E-state index contributed by atoms with van der Waals surface area (Å²) in [5.74, 6) is -4.44. The predicted molar refractivity (Wildman–Crippen MR) is 211 cm³/mol. The van der Waals surface area contributed by atoms with Crippen molar-refractivity contribution < 1.29 is 43.9 Å². The van der Waals surface area contributed by atoms with E-state index in [-0.39, 0.29) is 43.9 Å². The number of benzene rings is 1. The summed E-state index contributed by atoms with van der Waals surface area (Å²) < 4.78 is 0. The van der Waals surface area contributed by atoms with E-state index in [0.717, 1.165) is 0 Å². The Hall–Kier alpha value is -4.85. The van der Waals surface area contributed by atoms with E-state index >= 15 is 0 Å². The Morgan fingerprint density at radius 2 is 1.25 bits per heavy atom. The Morgan fingerprint density at radius 3 is 1.79 bits per heavy atom. The van der Waals surface area contributed by atoms with Gasteiger partial charge in [-0.3, -0.25) is 33.6 Å². The topological polar surface area (TPSA) is 313 Å². The van der Waals surface area contributed by atoms with Gasteiger partial charge in [-0.1, -0.05) is 32.4 Å². The molecular weight excluding hydrogens is 740 g/mol. The molecule has 14 N–H and O–H groups in total. The summed E-state index contributed by atoms with van der Waals surface area (Å²) in [5, 5.41) is 32.5. The molecule has 2 rings (SSSR count). The highest BCUT2D eigenvalue weighted by molar-refractivity contribution is 5.97. The van der Waals surface area contributed by atoms with Crippen LogP contribution in [-0.4, -0.2) is 118 Å². The van der Waals surface area contributed by atoms with Gasteiger partial charge in [0.2, 0.25) is 41.4 Å². The highest BCUT2D eigenvalue weighted by Crippen LogP contribution is 2.21. The van der Waals surface area contributed by atoms with E-state index in [1.165, 1.54) is 30.9 Å². The van der Waals surface area contributed by atoms with Crippen LogP contribution in [0.3, 0.4) is 0 Å². The second-order valence-electron chi connectivity index (χ2n) is 15.0. The average molecular weight is 805 g/mol. The van der Waals surface area contributed by atoms with Crippen molar-refractivity contribution in [2.24, 2.45) is 23.1 Å². The van der Waals surface area contributed by atoms with Gasteiger partial charge < -0.3 is 59.0 Å². The first-order chi connectivity index (χ1) is 27.0. The van der Waals surface area contributed by atoms with E-state index in [9.17, 15) is 43.9 Å². The number of nitrogens with one attached hydrogen (secondary N) is 6. The zero-order chi connectivity index (χ0) is 42.7. The quantitative estimate of drug-likeness (QED) is 0.0399. The molecule has 7 atom stereocenters. The predicted octanol–water partition coefficient (Wildman–Crippen LogP) is -1.47. The number of hydrogen-bond donors (Lipinski definition) is 11. The van der Waals surface area contributed by atoms with Gasteiger partial charge in [-0.25, -0.2) is 0 Å². The molecule has 1 saturated heterocycles. The molecule has 0 unspecified atom stereocenters. The molecule has 1 aliphatic rings. The number of unbranched alkanes of at least 4 members (excludes halogenated alkanes) is 2. The van der Waals surface area contributed by atoms with Crippen LogP contribution in [0.5, 0.6) is 5.75 Å². The Morgan fingerprint density at radius 1 is 0.719 bits per heavy atom. The van der Waals surface area contributed by atoms with Crippen LogP contribution >= 0.6 is 0 Å². The third kappa shape index (κ3) is 16.3. The molecule has 0 spiro atoms. The van der Waals surface area contributed by atoms with E-state index in [0.29, 0.717) is 57.2 Å². The molecule has 1 aliphatic heterocycles. The van der Waals surface area contributed by atoms with E-state index in [4.69, 9.17) is 17.2 Å². The number of amides is 7. The number of primary amides is 1. The number of hydroxylamine groups is 1. The highest BCUT2D eigenvalue weighted by Gasteiger charge is 2.39. The molecule has 7 amide bonds. The maximum Gasteiger partial charge on any atom is 0.246 e. The monoisotopic (exact) mass is 804 g/mol. The van der Waals surface area contributed by atoms with Crippen LogP contribution in [0.4, 0.5) is 0 Å². The van der Waals surface area contributed by atoms with Gasteiger partial charge >= 0.3 is 0 Å². The van der Waals surface area contributed by atoms with E-state index < -0.39 is 83.6 Å². The van der Waals surface area contributed by atoms with Crippen molar-refractivity contribution in [1.29, 1.82) is 0 Å². The molecule has 0 aromatic heterocycles. The van der Waals surface area contributed by atoms with Gasteiger partial charge in [-0.15, -0.1) is 0 Å². The number of aromatic hydroxyl groups is 1. The summed E-state index contributed by atoms with van der Waals surface area (Å²) in [6, 6.07) is -1.39. The van der Waals surface area contributed by atoms with Crippen molar-refractivity contribution in [3.8, 4) is 5.75 Å². The Bertz CT molecular complexity index is 1500. The minimum absolute atomic E-state index is 0.00741. The molecule has 0 bridgehead atoms. The first-order valence-corrected chi connectivity index (χ1v) is 19.7.